The molecule has 6 heteroatoms. The van der Waals surface area contributed by atoms with Crippen molar-refractivity contribution in [2.75, 3.05) is 21.2 Å². The number of aromatic carboxylic acids is 1. The van der Waals surface area contributed by atoms with Crippen LogP contribution in [0.4, 0.5) is 0 Å². The Balaban J connectivity index is 0.00000196. The number of carboxylic acid groups (broad SMARTS) is 1. The quantitative estimate of drug-likeness (QED) is 0.652. The number of hydrogen-bond acceptors (Lipinski definition) is 4. The van der Waals surface area contributed by atoms with Gasteiger partial charge in [-0.1, -0.05) is 36.4 Å². The molecule has 0 bridgehead atoms. The van der Waals surface area contributed by atoms with Gasteiger partial charge in [0.25, 0.3) is 0 Å². The number of benzene rings is 3. The molecule has 0 aliphatic carbocycles. The number of phenols is 1. The molecule has 0 spiro atoms. The summed E-state index contributed by atoms with van der Waals surface area (Å²) in [6.07, 6.45) is 0. The van der Waals surface area contributed by atoms with E-state index in [2.05, 4.69) is 0 Å². The molecular formula is C21H22NNaO4. The Labute approximate surface area is 182 Å². The number of fused-ring (bicyclic) bond motifs is 1. The fraction of sp³-hybridized carbons (Fsp3) is 0.190. The van der Waals surface area contributed by atoms with Crippen LogP contribution < -0.4 is 34.3 Å². The summed E-state index contributed by atoms with van der Waals surface area (Å²) in [6.45, 7) is 0. The Morgan fingerprint density at radius 3 is 2.33 bits per heavy atom. The minimum atomic E-state index is -1.17. The third-order valence-electron chi connectivity index (χ3n) is 4.49. The van der Waals surface area contributed by atoms with Gasteiger partial charge in [0.05, 0.1) is 13.2 Å². The van der Waals surface area contributed by atoms with E-state index in [0.717, 1.165) is 10.9 Å². The zero-order chi connectivity index (χ0) is 18.8. The predicted molar refractivity (Wildman–Crippen MR) is 102 cm³/mol. The molecule has 0 amide bonds. The van der Waals surface area contributed by atoms with E-state index in [1.54, 1.807) is 13.2 Å². The van der Waals surface area contributed by atoms with Crippen LogP contribution in [0.15, 0.2) is 54.6 Å². The maximum absolute atomic E-state index is 11.7. The van der Waals surface area contributed by atoms with Gasteiger partial charge in [0, 0.05) is 5.56 Å². The third-order valence-corrected chi connectivity index (χ3v) is 4.49. The van der Waals surface area contributed by atoms with Gasteiger partial charge in [-0.05, 0) is 48.6 Å². The van der Waals surface area contributed by atoms with Crippen LogP contribution in [0, 0.1) is 0 Å². The molecule has 0 saturated carbocycles. The van der Waals surface area contributed by atoms with Crippen molar-refractivity contribution in [2.24, 2.45) is 0 Å². The first-order valence-corrected chi connectivity index (χ1v) is 8.22. The fourth-order valence-electron chi connectivity index (χ4n) is 3.33. The number of nitrogens with zero attached hydrogens (tertiary/aromatic N) is 1. The van der Waals surface area contributed by atoms with Crippen molar-refractivity contribution in [3.05, 3.63) is 71.3 Å². The Morgan fingerprint density at radius 1 is 1.11 bits per heavy atom. The molecule has 3 rings (SSSR count). The van der Waals surface area contributed by atoms with Crippen molar-refractivity contribution in [3.63, 3.8) is 0 Å². The number of hydrogen-bond donors (Lipinski definition) is 2. The van der Waals surface area contributed by atoms with Gasteiger partial charge in [0.1, 0.15) is 17.1 Å². The van der Waals surface area contributed by atoms with Gasteiger partial charge < -0.3 is 16.4 Å². The summed E-state index contributed by atoms with van der Waals surface area (Å²) < 4.78 is 5.26. The molecular weight excluding hydrogens is 353 g/mol. The molecule has 0 fully saturated rings. The van der Waals surface area contributed by atoms with Gasteiger partial charge in [-0.25, -0.2) is 4.79 Å². The molecule has 27 heavy (non-hydrogen) atoms. The van der Waals surface area contributed by atoms with Crippen LogP contribution in [0.5, 0.6) is 11.5 Å². The molecule has 0 radical (unpaired) electrons. The van der Waals surface area contributed by atoms with Gasteiger partial charge in [-0.3, -0.25) is 4.90 Å². The smallest absolute Gasteiger partial charge is 1.00 e. The maximum Gasteiger partial charge on any atom is 1.00 e. The van der Waals surface area contributed by atoms with Crippen LogP contribution in [0.2, 0.25) is 0 Å². The van der Waals surface area contributed by atoms with Crippen molar-refractivity contribution < 1.29 is 50.7 Å². The van der Waals surface area contributed by atoms with Crippen molar-refractivity contribution in [1.29, 1.82) is 0 Å². The maximum atomic E-state index is 11.7. The monoisotopic (exact) mass is 375 g/mol. The average Bonchev–Trinajstić information content (AvgIpc) is 2.63. The van der Waals surface area contributed by atoms with E-state index < -0.39 is 5.97 Å². The minimum Gasteiger partial charge on any atom is -1.00 e. The Hall–Kier alpha value is -2.05. The average molecular weight is 375 g/mol. The van der Waals surface area contributed by atoms with Gasteiger partial charge in [0.2, 0.25) is 0 Å². The Bertz CT molecular complexity index is 964. The molecule has 5 nitrogen and oxygen atoms in total. The van der Waals surface area contributed by atoms with Crippen molar-refractivity contribution in [3.8, 4) is 11.5 Å². The predicted octanol–water partition coefficient (Wildman–Crippen LogP) is 1.02. The molecule has 136 valence electrons. The standard InChI is InChI=1S/C21H21NO4.Na.H/c1-22(2)19(13-7-5-4-6-8-13)18-16-10-9-15(26-3)11-14(16)12-17(20(18)23)21(24)25;;/h4-12,19,23H,1-3H3,(H,24,25);;/q;+1;-1. The van der Waals surface area contributed by atoms with E-state index in [9.17, 15) is 15.0 Å². The number of carbonyl (C=O) groups is 1. The van der Waals surface area contributed by atoms with Gasteiger partial charge >= 0.3 is 35.5 Å². The summed E-state index contributed by atoms with van der Waals surface area (Å²) in [5.74, 6) is -0.747. The molecule has 0 aliphatic heterocycles. The van der Waals surface area contributed by atoms with E-state index in [1.165, 1.54) is 6.07 Å². The minimum absolute atomic E-state index is 0. The van der Waals surface area contributed by atoms with E-state index in [0.29, 0.717) is 16.7 Å². The first-order chi connectivity index (χ1) is 12.4. The summed E-state index contributed by atoms with van der Waals surface area (Å²) in [6, 6.07) is 16.3. The first-order valence-electron chi connectivity index (χ1n) is 8.22. The Morgan fingerprint density at radius 2 is 1.78 bits per heavy atom. The third kappa shape index (κ3) is 4.12. The number of carboxylic acids is 1. The zero-order valence-corrected chi connectivity index (χ0v) is 17.9. The Kier molecular flexibility index (Phi) is 6.89. The second-order valence-electron chi connectivity index (χ2n) is 6.36. The molecule has 2 N–H and O–H groups in total. The topological polar surface area (TPSA) is 70.0 Å². The van der Waals surface area contributed by atoms with Crippen LogP contribution in [0.3, 0.4) is 0 Å². The molecule has 0 saturated heterocycles. The molecule has 0 aromatic heterocycles. The van der Waals surface area contributed by atoms with Gasteiger partial charge in [-0.2, -0.15) is 0 Å². The summed E-state index contributed by atoms with van der Waals surface area (Å²) in [5, 5.41) is 21.9. The second-order valence-corrected chi connectivity index (χ2v) is 6.36. The second kappa shape index (κ2) is 8.76. The van der Waals surface area contributed by atoms with Crippen LogP contribution in [0.25, 0.3) is 10.8 Å². The number of methoxy groups -OCH3 is 1. The van der Waals surface area contributed by atoms with E-state index in [4.69, 9.17) is 4.74 Å². The molecule has 3 aromatic rings. The van der Waals surface area contributed by atoms with Crippen LogP contribution in [-0.4, -0.2) is 42.3 Å². The molecule has 1 unspecified atom stereocenters. The summed E-state index contributed by atoms with van der Waals surface area (Å²) in [7, 11) is 5.37. The van der Waals surface area contributed by atoms with Crippen molar-refractivity contribution in [2.45, 2.75) is 6.04 Å². The molecule has 0 heterocycles. The number of rotatable bonds is 5. The molecule has 1 atom stereocenters. The van der Waals surface area contributed by atoms with E-state index in [-0.39, 0.29) is 48.3 Å². The number of ether oxygens (including phenoxy) is 1. The summed E-state index contributed by atoms with van der Waals surface area (Å²) >= 11 is 0. The van der Waals surface area contributed by atoms with Crippen molar-refractivity contribution >= 4 is 16.7 Å². The summed E-state index contributed by atoms with van der Waals surface area (Å²) in [4.78, 5) is 13.7. The van der Waals surface area contributed by atoms with Crippen LogP contribution in [-0.2, 0) is 0 Å². The van der Waals surface area contributed by atoms with E-state index in [1.807, 2.05) is 61.5 Å². The van der Waals surface area contributed by atoms with Crippen LogP contribution in [0.1, 0.15) is 29.0 Å². The zero-order valence-electron chi connectivity index (χ0n) is 16.9. The SMILES string of the molecule is COc1ccc2c(C(c3ccccc3)N(C)C)c(O)c(C(=O)O)cc2c1.[H-].[Na+]. The van der Waals surface area contributed by atoms with Gasteiger partial charge in [-0.15, -0.1) is 0 Å². The molecule has 0 aliphatic rings. The fourth-order valence-corrected chi connectivity index (χ4v) is 3.33. The van der Waals surface area contributed by atoms with Crippen molar-refractivity contribution in [1.82, 2.24) is 4.90 Å². The normalized spacial score (nSPS) is 11.9. The van der Waals surface area contributed by atoms with Crippen LogP contribution >= 0.6 is 0 Å². The van der Waals surface area contributed by atoms with Gasteiger partial charge in [0.15, 0.2) is 0 Å². The molecule has 3 aromatic carbocycles. The largest absolute Gasteiger partial charge is 1.00 e. The van der Waals surface area contributed by atoms with E-state index >= 15 is 0 Å². The number of aromatic hydroxyl groups is 1. The first kappa shape index (κ1) is 21.3. The summed E-state index contributed by atoms with van der Waals surface area (Å²) in [5.41, 5.74) is 1.41.